The van der Waals surface area contributed by atoms with Gasteiger partial charge in [-0.05, 0) is 41.3 Å². The minimum atomic E-state index is -0.243. The molecule has 4 rings (SSSR count). The van der Waals surface area contributed by atoms with E-state index < -0.39 is 0 Å². The van der Waals surface area contributed by atoms with Gasteiger partial charge < -0.3 is 14.8 Å². The number of aryl methyl sites for hydroxylation is 1. The summed E-state index contributed by atoms with van der Waals surface area (Å²) in [6, 6.07) is 20.0. The molecule has 142 valence electrons. The van der Waals surface area contributed by atoms with Crippen LogP contribution < -0.4 is 14.8 Å². The Labute approximate surface area is 162 Å². The van der Waals surface area contributed by atoms with Crippen LogP contribution in [-0.4, -0.2) is 12.7 Å². The number of rotatable bonds is 6. The highest BCUT2D eigenvalue weighted by Crippen LogP contribution is 2.32. The summed E-state index contributed by atoms with van der Waals surface area (Å²) in [5.41, 5.74) is 3.39. The van der Waals surface area contributed by atoms with Crippen molar-refractivity contribution in [2.75, 3.05) is 6.79 Å². The second kappa shape index (κ2) is 8.13. The molecule has 0 bridgehead atoms. The third-order valence-electron chi connectivity index (χ3n) is 4.71. The van der Waals surface area contributed by atoms with E-state index in [1.807, 2.05) is 48.5 Å². The number of amides is 1. The smallest absolute Gasteiger partial charge is 0.231 e. The van der Waals surface area contributed by atoms with Crippen LogP contribution >= 0.6 is 0 Å². The molecule has 0 fully saturated rings. The zero-order valence-corrected chi connectivity index (χ0v) is 15.3. The maximum absolute atomic E-state index is 13.9. The lowest BCUT2D eigenvalue weighted by atomic mass is 10.0. The third-order valence-corrected chi connectivity index (χ3v) is 4.71. The van der Waals surface area contributed by atoms with Gasteiger partial charge in [0.25, 0.3) is 0 Å². The van der Waals surface area contributed by atoms with Crippen LogP contribution in [0.1, 0.15) is 17.5 Å². The zero-order valence-electron chi connectivity index (χ0n) is 15.3. The molecule has 0 saturated carbocycles. The molecule has 0 radical (unpaired) electrons. The molecule has 1 aliphatic rings. The van der Waals surface area contributed by atoms with Crippen molar-refractivity contribution < 1.29 is 18.7 Å². The van der Waals surface area contributed by atoms with Crippen molar-refractivity contribution in [1.82, 2.24) is 5.32 Å². The number of nitrogens with one attached hydrogen (secondary N) is 1. The minimum absolute atomic E-state index is 0.0177. The number of benzene rings is 3. The van der Waals surface area contributed by atoms with Gasteiger partial charge >= 0.3 is 0 Å². The molecular formula is C23H20FNO3. The van der Waals surface area contributed by atoms with Crippen LogP contribution in [0.2, 0.25) is 0 Å². The quantitative estimate of drug-likeness (QED) is 0.689. The van der Waals surface area contributed by atoms with Crippen LogP contribution in [0.15, 0.2) is 66.7 Å². The molecule has 0 saturated heterocycles. The summed E-state index contributed by atoms with van der Waals surface area (Å²) in [4.78, 5) is 12.1. The van der Waals surface area contributed by atoms with Gasteiger partial charge in [0.1, 0.15) is 5.82 Å². The van der Waals surface area contributed by atoms with Crippen LogP contribution in [0.4, 0.5) is 4.39 Å². The first kappa shape index (κ1) is 18.0. The van der Waals surface area contributed by atoms with Crippen LogP contribution in [-0.2, 0) is 17.8 Å². The SMILES string of the molecule is O=C(CCc1ccc2c(c1)OCO2)NCc1ccc(-c2ccccc2F)cc1. The van der Waals surface area contributed by atoms with E-state index in [9.17, 15) is 9.18 Å². The first-order valence-corrected chi connectivity index (χ1v) is 9.18. The summed E-state index contributed by atoms with van der Waals surface area (Å²) in [7, 11) is 0. The number of fused-ring (bicyclic) bond motifs is 1. The molecule has 5 heteroatoms. The lowest BCUT2D eigenvalue weighted by Gasteiger charge is -2.08. The van der Waals surface area contributed by atoms with E-state index in [0.29, 0.717) is 24.9 Å². The second-order valence-electron chi connectivity index (χ2n) is 6.64. The topological polar surface area (TPSA) is 47.6 Å². The summed E-state index contributed by atoms with van der Waals surface area (Å²) < 4.78 is 24.5. The molecule has 1 aliphatic heterocycles. The fourth-order valence-electron chi connectivity index (χ4n) is 3.14. The van der Waals surface area contributed by atoms with Crippen molar-refractivity contribution in [3.63, 3.8) is 0 Å². The molecular weight excluding hydrogens is 357 g/mol. The Morgan fingerprint density at radius 1 is 0.929 bits per heavy atom. The Balaban J connectivity index is 1.28. The molecule has 1 amide bonds. The Morgan fingerprint density at radius 2 is 1.68 bits per heavy atom. The number of carbonyl (C=O) groups excluding carboxylic acids is 1. The number of halogens is 1. The molecule has 1 N–H and O–H groups in total. The van der Waals surface area contributed by atoms with Crippen molar-refractivity contribution in [2.24, 2.45) is 0 Å². The highest BCUT2D eigenvalue weighted by atomic mass is 19.1. The van der Waals surface area contributed by atoms with Crippen molar-refractivity contribution in [3.05, 3.63) is 83.7 Å². The van der Waals surface area contributed by atoms with Crippen molar-refractivity contribution in [2.45, 2.75) is 19.4 Å². The van der Waals surface area contributed by atoms with E-state index in [1.54, 1.807) is 12.1 Å². The normalized spacial score (nSPS) is 12.0. The van der Waals surface area contributed by atoms with Gasteiger partial charge in [-0.2, -0.15) is 0 Å². The fourth-order valence-corrected chi connectivity index (χ4v) is 3.14. The van der Waals surface area contributed by atoms with Gasteiger partial charge in [-0.3, -0.25) is 4.79 Å². The first-order chi connectivity index (χ1) is 13.7. The monoisotopic (exact) mass is 377 g/mol. The van der Waals surface area contributed by atoms with Crippen LogP contribution in [0, 0.1) is 5.82 Å². The van der Waals surface area contributed by atoms with Crippen molar-refractivity contribution in [1.29, 1.82) is 0 Å². The van der Waals surface area contributed by atoms with Gasteiger partial charge in [-0.25, -0.2) is 4.39 Å². The van der Waals surface area contributed by atoms with Gasteiger partial charge in [0.05, 0.1) is 0 Å². The van der Waals surface area contributed by atoms with Gasteiger partial charge in [-0.1, -0.05) is 48.5 Å². The molecule has 28 heavy (non-hydrogen) atoms. The molecule has 1 heterocycles. The maximum atomic E-state index is 13.9. The van der Waals surface area contributed by atoms with E-state index in [2.05, 4.69) is 5.32 Å². The van der Waals surface area contributed by atoms with E-state index in [-0.39, 0.29) is 18.5 Å². The molecule has 0 atom stereocenters. The van der Waals surface area contributed by atoms with E-state index in [0.717, 1.165) is 28.2 Å². The summed E-state index contributed by atoms with van der Waals surface area (Å²) in [5.74, 6) is 1.21. The summed E-state index contributed by atoms with van der Waals surface area (Å²) >= 11 is 0. The van der Waals surface area contributed by atoms with Crippen LogP contribution in [0.5, 0.6) is 11.5 Å². The second-order valence-corrected chi connectivity index (χ2v) is 6.64. The van der Waals surface area contributed by atoms with Crippen molar-refractivity contribution >= 4 is 5.91 Å². The van der Waals surface area contributed by atoms with Crippen LogP contribution in [0.25, 0.3) is 11.1 Å². The van der Waals surface area contributed by atoms with Gasteiger partial charge in [-0.15, -0.1) is 0 Å². The zero-order chi connectivity index (χ0) is 19.3. The predicted octanol–water partition coefficient (Wildman–Crippen LogP) is 4.47. The highest BCUT2D eigenvalue weighted by molar-refractivity contribution is 5.76. The molecule has 0 spiro atoms. The largest absolute Gasteiger partial charge is 0.454 e. The number of ether oxygens (including phenoxy) is 2. The predicted molar refractivity (Wildman–Crippen MR) is 105 cm³/mol. The maximum Gasteiger partial charge on any atom is 0.231 e. The van der Waals surface area contributed by atoms with Crippen LogP contribution in [0.3, 0.4) is 0 Å². The Kier molecular flexibility index (Phi) is 5.24. The number of hydrogen-bond acceptors (Lipinski definition) is 3. The highest BCUT2D eigenvalue weighted by Gasteiger charge is 2.13. The van der Waals surface area contributed by atoms with E-state index in [1.165, 1.54) is 6.07 Å². The van der Waals surface area contributed by atoms with Crippen molar-refractivity contribution in [3.8, 4) is 22.6 Å². The molecule has 3 aromatic rings. The molecule has 0 unspecified atom stereocenters. The first-order valence-electron chi connectivity index (χ1n) is 9.18. The fraction of sp³-hybridized carbons (Fsp3) is 0.174. The summed E-state index contributed by atoms with van der Waals surface area (Å²) in [6.45, 7) is 0.687. The molecule has 4 nitrogen and oxygen atoms in total. The molecule has 3 aromatic carbocycles. The third kappa shape index (κ3) is 4.14. The minimum Gasteiger partial charge on any atom is -0.454 e. The lowest BCUT2D eigenvalue weighted by molar-refractivity contribution is -0.121. The van der Waals surface area contributed by atoms with E-state index in [4.69, 9.17) is 9.47 Å². The molecule has 0 aromatic heterocycles. The number of carbonyl (C=O) groups is 1. The summed E-state index contributed by atoms with van der Waals surface area (Å²) in [5, 5.41) is 2.92. The average Bonchev–Trinajstić information content (AvgIpc) is 3.19. The van der Waals surface area contributed by atoms with Gasteiger partial charge in [0.2, 0.25) is 12.7 Å². The van der Waals surface area contributed by atoms with Gasteiger partial charge in [0.15, 0.2) is 11.5 Å². The Morgan fingerprint density at radius 3 is 2.50 bits per heavy atom. The lowest BCUT2D eigenvalue weighted by Crippen LogP contribution is -2.22. The molecule has 0 aliphatic carbocycles. The Bertz CT molecular complexity index is 985. The summed E-state index contributed by atoms with van der Waals surface area (Å²) in [6.07, 6.45) is 1.03. The van der Waals surface area contributed by atoms with Gasteiger partial charge in [0, 0.05) is 18.5 Å². The average molecular weight is 377 g/mol. The standard InChI is InChI=1S/C23H20FNO3/c24-20-4-2-1-3-19(20)18-9-5-17(6-10-18)14-25-23(26)12-8-16-7-11-21-22(13-16)28-15-27-21/h1-7,9-11,13H,8,12,14-15H2,(H,25,26). The van der Waals surface area contributed by atoms with E-state index >= 15 is 0 Å². The Hall–Kier alpha value is -3.34. The number of hydrogen-bond donors (Lipinski definition) is 1.